The van der Waals surface area contributed by atoms with Crippen LogP contribution in [0.1, 0.15) is 0 Å². The van der Waals surface area contributed by atoms with Crippen LogP contribution in [0.5, 0.6) is 0 Å². The van der Waals surface area contributed by atoms with Crippen LogP contribution in [-0.2, 0) is 30.8 Å². The molecule has 1 N–H and O–H groups in total. The smallest absolute Gasteiger partial charge is 0.287 e. The SMILES string of the molecule is CS(=O)(=O)CS(C)(=O)=NS(=O)O. The Hall–Kier alpha value is 0.01000. The molecule has 0 aromatic heterocycles. The van der Waals surface area contributed by atoms with Gasteiger partial charge in [-0.2, -0.15) is 0 Å². The third-order valence-corrected chi connectivity index (χ3v) is 5.89. The van der Waals surface area contributed by atoms with E-state index in [1.165, 1.54) is 0 Å². The Morgan fingerprint density at radius 2 is 1.75 bits per heavy atom. The van der Waals surface area contributed by atoms with Crippen LogP contribution >= 0.6 is 0 Å². The zero-order chi connectivity index (χ0) is 9.99. The summed E-state index contributed by atoms with van der Waals surface area (Å²) in [6, 6.07) is 0. The van der Waals surface area contributed by atoms with Gasteiger partial charge in [0.25, 0.3) is 11.3 Å². The Balaban J connectivity index is 4.92. The van der Waals surface area contributed by atoms with Gasteiger partial charge in [0.2, 0.25) is 0 Å². The van der Waals surface area contributed by atoms with Gasteiger partial charge in [0.15, 0.2) is 9.84 Å². The van der Waals surface area contributed by atoms with Crippen LogP contribution in [-0.4, -0.2) is 39.0 Å². The van der Waals surface area contributed by atoms with Crippen LogP contribution in [0, 0.1) is 0 Å². The lowest BCUT2D eigenvalue weighted by molar-refractivity contribution is 0.566. The van der Waals surface area contributed by atoms with Crippen molar-refractivity contribution in [1.82, 2.24) is 0 Å². The van der Waals surface area contributed by atoms with Crippen molar-refractivity contribution in [3.8, 4) is 0 Å². The number of hydrogen-bond donors (Lipinski definition) is 1. The maximum absolute atomic E-state index is 11.1. The molecule has 74 valence electrons. The topological polar surface area (TPSA) is 101 Å². The molecule has 0 fully saturated rings. The highest BCUT2D eigenvalue weighted by Gasteiger charge is 2.12. The van der Waals surface area contributed by atoms with Gasteiger partial charge in [-0.3, -0.25) is 4.55 Å². The van der Waals surface area contributed by atoms with E-state index in [0.717, 1.165) is 12.5 Å². The van der Waals surface area contributed by atoms with Crippen molar-refractivity contribution < 1.29 is 21.4 Å². The second-order valence-corrected chi connectivity index (χ2v) is 8.08. The Morgan fingerprint density at radius 3 is 2.00 bits per heavy atom. The fraction of sp³-hybridized carbons (Fsp3) is 1.00. The van der Waals surface area contributed by atoms with Crippen molar-refractivity contribution in [2.45, 2.75) is 0 Å². The van der Waals surface area contributed by atoms with Gasteiger partial charge in [0, 0.05) is 12.5 Å². The van der Waals surface area contributed by atoms with Gasteiger partial charge >= 0.3 is 0 Å². The van der Waals surface area contributed by atoms with E-state index in [1.807, 2.05) is 0 Å². The third kappa shape index (κ3) is 6.70. The first-order chi connectivity index (χ1) is 5.12. The fourth-order valence-corrected chi connectivity index (χ4v) is 5.37. The monoisotopic (exact) mass is 235 g/mol. The van der Waals surface area contributed by atoms with Crippen molar-refractivity contribution >= 4 is 30.8 Å². The first kappa shape index (κ1) is 12.0. The predicted molar refractivity (Wildman–Crippen MR) is 47.0 cm³/mol. The Labute approximate surface area is 73.9 Å². The Kier molecular flexibility index (Phi) is 3.82. The minimum Gasteiger partial charge on any atom is -0.287 e. The number of rotatable bonds is 3. The minimum absolute atomic E-state index is 0.702. The second kappa shape index (κ2) is 3.81. The quantitative estimate of drug-likeness (QED) is 0.647. The lowest BCUT2D eigenvalue weighted by Gasteiger charge is -1.98. The average molecular weight is 235 g/mol. The van der Waals surface area contributed by atoms with E-state index >= 15 is 0 Å². The second-order valence-electron chi connectivity index (χ2n) is 2.31. The van der Waals surface area contributed by atoms with Crippen LogP contribution < -0.4 is 0 Å². The Morgan fingerprint density at radius 1 is 1.33 bits per heavy atom. The zero-order valence-corrected chi connectivity index (χ0v) is 8.91. The lowest BCUT2D eigenvalue weighted by atomic mass is 11.9. The van der Waals surface area contributed by atoms with Crippen LogP contribution in [0.15, 0.2) is 3.77 Å². The van der Waals surface area contributed by atoms with Gasteiger partial charge in [-0.05, 0) is 0 Å². The van der Waals surface area contributed by atoms with Gasteiger partial charge < -0.3 is 0 Å². The molecule has 0 saturated carbocycles. The van der Waals surface area contributed by atoms with Gasteiger partial charge in [-0.1, -0.05) is 0 Å². The van der Waals surface area contributed by atoms with Gasteiger partial charge in [0.05, 0.1) is 9.73 Å². The molecule has 0 amide bonds. The van der Waals surface area contributed by atoms with Crippen molar-refractivity contribution in [3.05, 3.63) is 0 Å². The molecule has 0 aromatic carbocycles. The molecular formula is C3H9NO5S3. The first-order valence-corrected chi connectivity index (χ1v) is 7.82. The lowest BCUT2D eigenvalue weighted by Crippen LogP contribution is -2.13. The number of sulfone groups is 1. The predicted octanol–water partition coefficient (Wildman–Crippen LogP) is -0.777. The maximum Gasteiger partial charge on any atom is 0.290 e. The molecule has 0 aliphatic heterocycles. The van der Waals surface area contributed by atoms with Crippen LogP contribution in [0.4, 0.5) is 0 Å². The summed E-state index contributed by atoms with van der Waals surface area (Å²) in [6.07, 6.45) is 1.90. The third-order valence-electron chi connectivity index (χ3n) is 0.654. The molecule has 2 unspecified atom stereocenters. The van der Waals surface area contributed by atoms with Gasteiger partial charge in [-0.15, -0.1) is 3.77 Å². The molecule has 9 heteroatoms. The minimum atomic E-state index is -3.44. The van der Waals surface area contributed by atoms with E-state index in [1.54, 1.807) is 0 Å². The molecule has 12 heavy (non-hydrogen) atoms. The van der Waals surface area contributed by atoms with E-state index in [2.05, 4.69) is 3.77 Å². The number of nitrogens with zero attached hydrogens (tertiary/aromatic N) is 1. The molecule has 0 heterocycles. The molecule has 0 spiro atoms. The standard InChI is InChI=1S/C3H9NO5S3/c1-11(7,4-10(5)6)3-12(2,8)9/h3H2,1-2H3,(H,5,6). The van der Waals surface area contributed by atoms with E-state index in [0.29, 0.717) is 0 Å². The summed E-state index contributed by atoms with van der Waals surface area (Å²) < 4.78 is 53.5. The summed E-state index contributed by atoms with van der Waals surface area (Å²) in [6.45, 7) is 0. The largest absolute Gasteiger partial charge is 0.290 e. The van der Waals surface area contributed by atoms with Crippen molar-refractivity contribution in [2.75, 3.05) is 17.6 Å². The van der Waals surface area contributed by atoms with Gasteiger partial charge in [-0.25, -0.2) is 16.8 Å². The van der Waals surface area contributed by atoms with Crippen molar-refractivity contribution in [3.63, 3.8) is 0 Å². The maximum atomic E-state index is 11.1. The van der Waals surface area contributed by atoms with Gasteiger partial charge in [0.1, 0.15) is 5.08 Å². The first-order valence-electron chi connectivity index (χ1n) is 2.61. The Bertz CT molecular complexity index is 386. The highest BCUT2D eigenvalue weighted by molar-refractivity contribution is 8.10. The van der Waals surface area contributed by atoms with Crippen LogP contribution in [0.3, 0.4) is 0 Å². The van der Waals surface area contributed by atoms with E-state index in [4.69, 9.17) is 4.55 Å². The summed E-state index contributed by atoms with van der Waals surface area (Å²) in [4.78, 5) is 0. The van der Waals surface area contributed by atoms with E-state index in [9.17, 15) is 16.8 Å². The average Bonchev–Trinajstić information content (AvgIpc) is 1.48. The zero-order valence-electron chi connectivity index (χ0n) is 6.46. The summed E-state index contributed by atoms with van der Waals surface area (Å²) in [5, 5.41) is -0.702. The summed E-state index contributed by atoms with van der Waals surface area (Å²) in [5.74, 6) is 0. The molecule has 0 saturated heterocycles. The van der Waals surface area contributed by atoms with Crippen molar-refractivity contribution in [2.24, 2.45) is 3.77 Å². The van der Waals surface area contributed by atoms with E-state index in [-0.39, 0.29) is 0 Å². The molecular weight excluding hydrogens is 226 g/mol. The molecule has 0 aliphatic carbocycles. The van der Waals surface area contributed by atoms with Crippen LogP contribution in [0.25, 0.3) is 0 Å². The molecule has 0 rings (SSSR count). The molecule has 0 aromatic rings. The van der Waals surface area contributed by atoms with Crippen LogP contribution in [0.2, 0.25) is 0 Å². The fourth-order valence-electron chi connectivity index (χ4n) is 0.554. The highest BCUT2D eigenvalue weighted by Crippen LogP contribution is 1.97. The number of hydrogen-bond acceptors (Lipinski definition) is 4. The summed E-state index contributed by atoms with van der Waals surface area (Å²) >= 11 is -2.58. The van der Waals surface area contributed by atoms with Crippen molar-refractivity contribution in [1.29, 1.82) is 0 Å². The summed E-state index contributed by atoms with van der Waals surface area (Å²) in [5.41, 5.74) is 0. The molecule has 0 aliphatic rings. The molecule has 2 atom stereocenters. The molecule has 6 nitrogen and oxygen atoms in total. The van der Waals surface area contributed by atoms with E-state index < -0.39 is 35.9 Å². The summed E-state index contributed by atoms with van der Waals surface area (Å²) in [7, 11) is -6.54. The normalized spacial score (nSPS) is 19.6. The molecule has 0 bridgehead atoms. The molecule has 0 radical (unpaired) electrons. The highest BCUT2D eigenvalue weighted by atomic mass is 32.3.